The number of carbonyl (C=O) groups is 2. The molecule has 0 bridgehead atoms. The van der Waals surface area contributed by atoms with Gasteiger partial charge in [0, 0.05) is 0 Å². The van der Waals surface area contributed by atoms with E-state index in [2.05, 4.69) is 11.7 Å². The summed E-state index contributed by atoms with van der Waals surface area (Å²) in [6.45, 7) is 1.94. The Kier molecular flexibility index (Phi) is 5.14. The highest BCUT2D eigenvalue weighted by atomic mass is 32.2. The summed E-state index contributed by atoms with van der Waals surface area (Å²) in [5, 5.41) is 0. The van der Waals surface area contributed by atoms with Crippen LogP contribution in [0.2, 0.25) is 0 Å². The Morgan fingerprint density at radius 2 is 2.05 bits per heavy atom. The van der Waals surface area contributed by atoms with E-state index in [1.165, 1.54) is 29.3 Å². The SMILES string of the molecule is CCc1ccc(/C=C2/SC(=S)N(CC(=O)OC)C2=O)cc1. The first-order valence-electron chi connectivity index (χ1n) is 6.46. The lowest BCUT2D eigenvalue weighted by atomic mass is 10.1. The quantitative estimate of drug-likeness (QED) is 0.485. The highest BCUT2D eigenvalue weighted by Gasteiger charge is 2.33. The highest BCUT2D eigenvalue weighted by molar-refractivity contribution is 8.26. The van der Waals surface area contributed by atoms with E-state index in [0.717, 1.165) is 12.0 Å². The van der Waals surface area contributed by atoms with Gasteiger partial charge in [0.25, 0.3) is 5.91 Å². The third-order valence-electron chi connectivity index (χ3n) is 3.07. The summed E-state index contributed by atoms with van der Waals surface area (Å²) in [4.78, 5) is 25.3. The summed E-state index contributed by atoms with van der Waals surface area (Å²) in [6, 6.07) is 7.99. The number of ether oxygens (including phenoxy) is 1. The van der Waals surface area contributed by atoms with Crippen LogP contribution in [-0.2, 0) is 20.7 Å². The Hall–Kier alpha value is -1.66. The lowest BCUT2D eigenvalue weighted by molar-refractivity contribution is -0.143. The van der Waals surface area contributed by atoms with E-state index in [0.29, 0.717) is 9.23 Å². The van der Waals surface area contributed by atoms with E-state index in [1.807, 2.05) is 24.3 Å². The van der Waals surface area contributed by atoms with Gasteiger partial charge in [-0.2, -0.15) is 0 Å². The van der Waals surface area contributed by atoms with E-state index >= 15 is 0 Å². The Morgan fingerprint density at radius 3 is 2.62 bits per heavy atom. The molecule has 4 nitrogen and oxygen atoms in total. The number of esters is 1. The number of benzene rings is 1. The minimum Gasteiger partial charge on any atom is -0.468 e. The van der Waals surface area contributed by atoms with Crippen molar-refractivity contribution in [1.82, 2.24) is 4.90 Å². The van der Waals surface area contributed by atoms with Crippen LogP contribution in [-0.4, -0.2) is 34.8 Å². The summed E-state index contributed by atoms with van der Waals surface area (Å²) in [5.74, 6) is -0.741. The fourth-order valence-electron chi connectivity index (χ4n) is 1.83. The van der Waals surface area contributed by atoms with Crippen molar-refractivity contribution in [2.24, 2.45) is 0 Å². The molecular weight excluding hydrogens is 306 g/mol. The van der Waals surface area contributed by atoms with Crippen molar-refractivity contribution >= 4 is 46.3 Å². The molecule has 0 radical (unpaired) electrons. The number of amides is 1. The van der Waals surface area contributed by atoms with Crippen LogP contribution >= 0.6 is 24.0 Å². The van der Waals surface area contributed by atoms with E-state index in [-0.39, 0.29) is 12.5 Å². The predicted octanol–water partition coefficient (Wildman–Crippen LogP) is 2.62. The molecule has 0 N–H and O–H groups in total. The number of nitrogens with zero attached hydrogens (tertiary/aromatic N) is 1. The Morgan fingerprint density at radius 1 is 1.38 bits per heavy atom. The molecule has 1 heterocycles. The molecule has 1 aromatic carbocycles. The van der Waals surface area contributed by atoms with Crippen molar-refractivity contribution in [2.45, 2.75) is 13.3 Å². The largest absolute Gasteiger partial charge is 0.468 e. The Bertz CT molecular complexity index is 608. The first kappa shape index (κ1) is 15.7. The smallest absolute Gasteiger partial charge is 0.325 e. The molecule has 0 aliphatic carbocycles. The molecule has 0 saturated carbocycles. The van der Waals surface area contributed by atoms with E-state index in [4.69, 9.17) is 12.2 Å². The summed E-state index contributed by atoms with van der Waals surface area (Å²) in [6.07, 6.45) is 2.76. The first-order valence-corrected chi connectivity index (χ1v) is 7.68. The van der Waals surface area contributed by atoms with Crippen LogP contribution in [0, 0.1) is 0 Å². The summed E-state index contributed by atoms with van der Waals surface area (Å²) < 4.78 is 4.94. The van der Waals surface area contributed by atoms with Crippen molar-refractivity contribution < 1.29 is 14.3 Å². The highest BCUT2D eigenvalue weighted by Crippen LogP contribution is 2.32. The van der Waals surface area contributed by atoms with Crippen molar-refractivity contribution in [2.75, 3.05) is 13.7 Å². The molecule has 1 amide bonds. The molecule has 21 heavy (non-hydrogen) atoms. The number of aryl methyl sites for hydroxylation is 1. The van der Waals surface area contributed by atoms with Gasteiger partial charge in [0.1, 0.15) is 10.9 Å². The standard InChI is InChI=1S/C15H15NO3S2/c1-3-10-4-6-11(7-5-10)8-12-14(18)16(15(20)21-12)9-13(17)19-2/h4-8H,3,9H2,1-2H3/b12-8+. The normalized spacial score (nSPS) is 16.7. The maximum absolute atomic E-state index is 12.2. The molecule has 110 valence electrons. The van der Waals surface area contributed by atoms with Gasteiger partial charge in [-0.3, -0.25) is 14.5 Å². The van der Waals surface area contributed by atoms with Crippen molar-refractivity contribution in [3.8, 4) is 0 Å². The second-order valence-corrected chi connectivity index (χ2v) is 6.11. The molecule has 1 fully saturated rings. The average molecular weight is 321 g/mol. The van der Waals surface area contributed by atoms with Crippen molar-refractivity contribution in [1.29, 1.82) is 0 Å². The number of carbonyl (C=O) groups excluding carboxylic acids is 2. The molecule has 1 aromatic rings. The van der Waals surface area contributed by atoms with Crippen LogP contribution in [0.25, 0.3) is 6.08 Å². The molecule has 2 rings (SSSR count). The number of hydrogen-bond acceptors (Lipinski definition) is 5. The zero-order valence-corrected chi connectivity index (χ0v) is 13.4. The molecule has 0 spiro atoms. The number of thioether (sulfide) groups is 1. The number of rotatable bonds is 4. The Labute approximate surface area is 133 Å². The molecule has 0 unspecified atom stereocenters. The second-order valence-electron chi connectivity index (χ2n) is 4.44. The van der Waals surface area contributed by atoms with Crippen LogP contribution < -0.4 is 0 Å². The molecular formula is C15H15NO3S2. The van der Waals surface area contributed by atoms with Gasteiger partial charge in [-0.1, -0.05) is 55.2 Å². The van der Waals surface area contributed by atoms with Gasteiger partial charge in [0.2, 0.25) is 0 Å². The lowest BCUT2D eigenvalue weighted by Crippen LogP contribution is -2.33. The van der Waals surface area contributed by atoms with Gasteiger partial charge in [0.05, 0.1) is 12.0 Å². The van der Waals surface area contributed by atoms with Crippen LogP contribution in [0.5, 0.6) is 0 Å². The number of thiocarbonyl (C=S) groups is 1. The monoisotopic (exact) mass is 321 g/mol. The van der Waals surface area contributed by atoms with E-state index in [1.54, 1.807) is 6.08 Å². The van der Waals surface area contributed by atoms with Gasteiger partial charge < -0.3 is 4.74 Å². The fourth-order valence-corrected chi connectivity index (χ4v) is 3.09. The third-order valence-corrected chi connectivity index (χ3v) is 4.45. The Balaban J connectivity index is 2.17. The van der Waals surface area contributed by atoms with Gasteiger partial charge >= 0.3 is 5.97 Å². The minimum atomic E-state index is -0.486. The summed E-state index contributed by atoms with van der Waals surface area (Å²) >= 11 is 6.34. The zero-order chi connectivity index (χ0) is 15.4. The van der Waals surface area contributed by atoms with Gasteiger partial charge in [0.15, 0.2) is 0 Å². The maximum Gasteiger partial charge on any atom is 0.325 e. The van der Waals surface area contributed by atoms with E-state index in [9.17, 15) is 9.59 Å². The average Bonchev–Trinajstić information content (AvgIpc) is 2.75. The van der Waals surface area contributed by atoms with Crippen LogP contribution in [0.3, 0.4) is 0 Å². The third kappa shape index (κ3) is 3.71. The van der Waals surface area contributed by atoms with Crippen molar-refractivity contribution in [3.05, 3.63) is 40.3 Å². The number of hydrogen-bond donors (Lipinski definition) is 0. The summed E-state index contributed by atoms with van der Waals surface area (Å²) in [5.41, 5.74) is 2.18. The van der Waals surface area contributed by atoms with E-state index < -0.39 is 5.97 Å². The lowest BCUT2D eigenvalue weighted by Gasteiger charge is -2.11. The predicted molar refractivity (Wildman–Crippen MR) is 87.7 cm³/mol. The number of methoxy groups -OCH3 is 1. The van der Waals surface area contributed by atoms with Gasteiger partial charge in [-0.05, 0) is 23.6 Å². The van der Waals surface area contributed by atoms with Gasteiger partial charge in [-0.25, -0.2) is 0 Å². The van der Waals surface area contributed by atoms with Crippen molar-refractivity contribution in [3.63, 3.8) is 0 Å². The molecule has 1 saturated heterocycles. The molecule has 1 aliphatic heterocycles. The van der Waals surface area contributed by atoms with Crippen LogP contribution in [0.4, 0.5) is 0 Å². The van der Waals surface area contributed by atoms with Crippen LogP contribution in [0.1, 0.15) is 18.1 Å². The fraction of sp³-hybridized carbons (Fsp3) is 0.267. The molecule has 6 heteroatoms. The summed E-state index contributed by atoms with van der Waals surface area (Å²) in [7, 11) is 1.28. The molecule has 0 atom stereocenters. The molecule has 0 aromatic heterocycles. The molecule has 1 aliphatic rings. The topological polar surface area (TPSA) is 46.6 Å². The van der Waals surface area contributed by atoms with Crippen LogP contribution in [0.15, 0.2) is 29.2 Å². The maximum atomic E-state index is 12.2. The second kappa shape index (κ2) is 6.87. The first-order chi connectivity index (χ1) is 10.0. The zero-order valence-electron chi connectivity index (χ0n) is 11.8. The van der Waals surface area contributed by atoms with Gasteiger partial charge in [-0.15, -0.1) is 0 Å². The minimum absolute atomic E-state index is 0.146.